The average molecular weight is 383 g/mol. The maximum Gasteiger partial charge on any atom is 0.261 e. The van der Waals surface area contributed by atoms with E-state index in [-0.39, 0.29) is 18.4 Å². The van der Waals surface area contributed by atoms with E-state index < -0.39 is 6.04 Å². The van der Waals surface area contributed by atoms with Crippen molar-refractivity contribution in [3.63, 3.8) is 0 Å². The van der Waals surface area contributed by atoms with Gasteiger partial charge in [0.05, 0.1) is 0 Å². The van der Waals surface area contributed by atoms with Crippen molar-refractivity contribution in [2.24, 2.45) is 0 Å². The van der Waals surface area contributed by atoms with Crippen molar-refractivity contribution in [1.29, 1.82) is 0 Å². The SMILES string of the molecule is CCCNC(=O)[C@@H](C)N(Cc1ccccc1)C(=O)COc1ccc(C)cc1C. The number of amides is 2. The predicted octanol–water partition coefficient (Wildman–Crippen LogP) is 3.63. The van der Waals surface area contributed by atoms with Crippen LogP contribution in [0.4, 0.5) is 0 Å². The normalized spacial score (nSPS) is 11.6. The van der Waals surface area contributed by atoms with Crippen molar-refractivity contribution in [2.75, 3.05) is 13.2 Å². The van der Waals surface area contributed by atoms with E-state index >= 15 is 0 Å². The van der Waals surface area contributed by atoms with E-state index in [2.05, 4.69) is 5.32 Å². The highest BCUT2D eigenvalue weighted by Gasteiger charge is 2.26. The summed E-state index contributed by atoms with van der Waals surface area (Å²) in [5.41, 5.74) is 3.09. The molecule has 0 bridgehead atoms. The number of benzene rings is 2. The Morgan fingerprint density at radius 2 is 1.82 bits per heavy atom. The molecule has 0 fully saturated rings. The largest absolute Gasteiger partial charge is 0.483 e. The number of carbonyl (C=O) groups excluding carboxylic acids is 2. The van der Waals surface area contributed by atoms with Crippen LogP contribution in [0.25, 0.3) is 0 Å². The Hall–Kier alpha value is -2.82. The maximum atomic E-state index is 12.9. The van der Waals surface area contributed by atoms with Gasteiger partial charge in [-0.25, -0.2) is 0 Å². The van der Waals surface area contributed by atoms with Crippen molar-refractivity contribution in [3.05, 3.63) is 65.2 Å². The smallest absolute Gasteiger partial charge is 0.261 e. The van der Waals surface area contributed by atoms with Gasteiger partial charge in [0.1, 0.15) is 11.8 Å². The van der Waals surface area contributed by atoms with E-state index in [1.54, 1.807) is 11.8 Å². The van der Waals surface area contributed by atoms with Gasteiger partial charge in [-0.2, -0.15) is 0 Å². The van der Waals surface area contributed by atoms with Crippen LogP contribution in [0.1, 0.15) is 37.0 Å². The molecule has 150 valence electrons. The van der Waals surface area contributed by atoms with E-state index in [1.807, 2.05) is 69.3 Å². The van der Waals surface area contributed by atoms with Crippen LogP contribution in [0.3, 0.4) is 0 Å². The molecule has 0 unspecified atom stereocenters. The third kappa shape index (κ3) is 6.12. The molecule has 1 atom stereocenters. The molecule has 0 radical (unpaired) electrons. The zero-order valence-electron chi connectivity index (χ0n) is 17.2. The number of nitrogens with zero attached hydrogens (tertiary/aromatic N) is 1. The molecule has 1 N–H and O–H groups in total. The lowest BCUT2D eigenvalue weighted by Gasteiger charge is -2.28. The number of rotatable bonds is 9. The van der Waals surface area contributed by atoms with Gasteiger partial charge >= 0.3 is 0 Å². The van der Waals surface area contributed by atoms with Crippen molar-refractivity contribution in [3.8, 4) is 5.75 Å². The van der Waals surface area contributed by atoms with Gasteiger partial charge in [-0.1, -0.05) is 55.0 Å². The molecule has 0 aliphatic rings. The molecule has 0 aliphatic heterocycles. The van der Waals surface area contributed by atoms with E-state index in [1.165, 1.54) is 0 Å². The molecule has 5 nitrogen and oxygen atoms in total. The topological polar surface area (TPSA) is 58.6 Å². The first-order valence-corrected chi connectivity index (χ1v) is 9.73. The summed E-state index contributed by atoms with van der Waals surface area (Å²) in [6, 6.07) is 14.9. The summed E-state index contributed by atoms with van der Waals surface area (Å²) in [6.07, 6.45) is 0.848. The number of aryl methyl sites for hydroxylation is 2. The average Bonchev–Trinajstić information content (AvgIpc) is 2.69. The Labute approximate surface area is 167 Å². The lowest BCUT2D eigenvalue weighted by molar-refractivity contribution is -0.142. The molecule has 0 spiro atoms. The van der Waals surface area contributed by atoms with Crippen molar-refractivity contribution < 1.29 is 14.3 Å². The minimum Gasteiger partial charge on any atom is -0.483 e. The van der Waals surface area contributed by atoms with E-state index in [0.717, 1.165) is 23.1 Å². The Morgan fingerprint density at radius 3 is 2.46 bits per heavy atom. The standard InChI is InChI=1S/C23H30N2O3/c1-5-13-24-23(27)19(4)25(15-20-9-7-6-8-10-20)22(26)16-28-21-12-11-17(2)14-18(21)3/h6-12,14,19H,5,13,15-16H2,1-4H3,(H,24,27)/t19-/m1/s1. The van der Waals surface area contributed by atoms with Crippen molar-refractivity contribution in [2.45, 2.75) is 46.7 Å². The van der Waals surface area contributed by atoms with E-state index in [9.17, 15) is 9.59 Å². The van der Waals surface area contributed by atoms with Crippen LogP contribution in [0.15, 0.2) is 48.5 Å². The van der Waals surface area contributed by atoms with Gasteiger partial charge in [-0.05, 0) is 44.4 Å². The number of nitrogens with one attached hydrogen (secondary N) is 1. The summed E-state index contributed by atoms with van der Waals surface area (Å²) in [5.74, 6) is 0.308. The van der Waals surface area contributed by atoms with Gasteiger partial charge in [0, 0.05) is 13.1 Å². The van der Waals surface area contributed by atoms with E-state index in [0.29, 0.717) is 18.8 Å². The number of hydrogen-bond acceptors (Lipinski definition) is 3. The lowest BCUT2D eigenvalue weighted by atomic mass is 10.1. The third-order valence-electron chi connectivity index (χ3n) is 4.59. The minimum absolute atomic E-state index is 0.109. The van der Waals surface area contributed by atoms with Crippen LogP contribution in [-0.2, 0) is 16.1 Å². The fourth-order valence-corrected chi connectivity index (χ4v) is 2.94. The van der Waals surface area contributed by atoms with Gasteiger partial charge in [0.2, 0.25) is 5.91 Å². The maximum absolute atomic E-state index is 12.9. The first-order valence-electron chi connectivity index (χ1n) is 9.73. The fraction of sp³-hybridized carbons (Fsp3) is 0.391. The van der Waals surface area contributed by atoms with Crippen LogP contribution in [0.5, 0.6) is 5.75 Å². The Balaban J connectivity index is 2.12. The third-order valence-corrected chi connectivity index (χ3v) is 4.59. The minimum atomic E-state index is -0.582. The zero-order chi connectivity index (χ0) is 20.5. The molecule has 0 aliphatic carbocycles. The second kappa shape index (κ2) is 10.5. The fourth-order valence-electron chi connectivity index (χ4n) is 2.94. The summed E-state index contributed by atoms with van der Waals surface area (Å²) in [6.45, 7) is 8.56. The second-order valence-corrected chi connectivity index (χ2v) is 7.03. The molecule has 2 aromatic carbocycles. The number of carbonyl (C=O) groups is 2. The summed E-state index contributed by atoms with van der Waals surface area (Å²) in [5, 5.41) is 2.87. The Bertz CT molecular complexity index is 790. The van der Waals surface area contributed by atoms with E-state index in [4.69, 9.17) is 4.74 Å². The summed E-state index contributed by atoms with van der Waals surface area (Å²) in [4.78, 5) is 27.0. The first kappa shape index (κ1) is 21.5. The number of ether oxygens (including phenoxy) is 1. The quantitative estimate of drug-likeness (QED) is 0.721. The van der Waals surface area contributed by atoms with Crippen molar-refractivity contribution in [1.82, 2.24) is 10.2 Å². The van der Waals surface area contributed by atoms with Gasteiger partial charge in [0.25, 0.3) is 5.91 Å². The van der Waals surface area contributed by atoms with Gasteiger partial charge < -0.3 is 15.0 Å². The monoisotopic (exact) mass is 382 g/mol. The lowest BCUT2D eigenvalue weighted by Crippen LogP contribution is -2.49. The van der Waals surface area contributed by atoms with Crippen LogP contribution in [0, 0.1) is 13.8 Å². The molecule has 5 heteroatoms. The summed E-state index contributed by atoms with van der Waals surface area (Å²) in [7, 11) is 0. The van der Waals surface area contributed by atoms with Crippen LogP contribution < -0.4 is 10.1 Å². The molecular weight excluding hydrogens is 352 g/mol. The predicted molar refractivity (Wildman–Crippen MR) is 111 cm³/mol. The van der Waals surface area contributed by atoms with Gasteiger partial charge in [-0.3, -0.25) is 9.59 Å². The first-order chi connectivity index (χ1) is 13.4. The molecule has 0 aromatic heterocycles. The van der Waals surface area contributed by atoms with Crippen LogP contribution in [0.2, 0.25) is 0 Å². The highest BCUT2D eigenvalue weighted by atomic mass is 16.5. The van der Waals surface area contributed by atoms with Crippen LogP contribution in [-0.4, -0.2) is 35.9 Å². The van der Waals surface area contributed by atoms with Gasteiger partial charge in [0.15, 0.2) is 6.61 Å². The highest BCUT2D eigenvalue weighted by Crippen LogP contribution is 2.19. The van der Waals surface area contributed by atoms with Crippen LogP contribution >= 0.6 is 0 Å². The molecule has 2 rings (SSSR count). The molecule has 0 heterocycles. The highest BCUT2D eigenvalue weighted by molar-refractivity contribution is 5.87. The molecule has 0 saturated heterocycles. The summed E-state index contributed by atoms with van der Waals surface area (Å²) >= 11 is 0. The number of hydrogen-bond donors (Lipinski definition) is 1. The van der Waals surface area contributed by atoms with Gasteiger partial charge in [-0.15, -0.1) is 0 Å². The molecular formula is C23H30N2O3. The zero-order valence-corrected chi connectivity index (χ0v) is 17.2. The Kier molecular flexibility index (Phi) is 8.05. The molecule has 0 saturated carbocycles. The second-order valence-electron chi connectivity index (χ2n) is 7.03. The Morgan fingerprint density at radius 1 is 1.11 bits per heavy atom. The molecule has 2 amide bonds. The summed E-state index contributed by atoms with van der Waals surface area (Å²) < 4.78 is 5.76. The molecule has 2 aromatic rings. The van der Waals surface area contributed by atoms with Crippen molar-refractivity contribution >= 4 is 11.8 Å². The molecule has 28 heavy (non-hydrogen) atoms.